The van der Waals surface area contributed by atoms with Gasteiger partial charge in [0.2, 0.25) is 0 Å². The Morgan fingerprint density at radius 1 is 1.35 bits per heavy atom. The van der Waals surface area contributed by atoms with Crippen LogP contribution in [0.3, 0.4) is 0 Å². The van der Waals surface area contributed by atoms with E-state index in [0.717, 1.165) is 0 Å². The molecule has 2 N–H and O–H groups in total. The van der Waals surface area contributed by atoms with Crippen molar-refractivity contribution in [2.24, 2.45) is 12.2 Å². The highest BCUT2D eigenvalue weighted by Crippen LogP contribution is 2.13. The average Bonchev–Trinajstić information content (AvgIpc) is 2.64. The van der Waals surface area contributed by atoms with Crippen LogP contribution in [0.25, 0.3) is 5.69 Å². The minimum absolute atomic E-state index is 0.154. The summed E-state index contributed by atoms with van der Waals surface area (Å²) in [6.07, 6.45) is 0.693. The summed E-state index contributed by atoms with van der Waals surface area (Å²) >= 11 is 0. The Hall–Kier alpha value is -2.83. The molecule has 0 saturated heterocycles. The lowest BCUT2D eigenvalue weighted by Gasteiger charge is -2.07. The monoisotopic (exact) mass is 274 g/mol. The zero-order valence-electron chi connectivity index (χ0n) is 11.1. The molecular weight excluding hydrogens is 260 g/mol. The third-order valence-electron chi connectivity index (χ3n) is 2.98. The van der Waals surface area contributed by atoms with Gasteiger partial charge in [0.1, 0.15) is 11.9 Å². The number of benzene rings is 1. The van der Waals surface area contributed by atoms with E-state index in [-0.39, 0.29) is 11.2 Å². The van der Waals surface area contributed by atoms with E-state index in [2.05, 4.69) is 10.5 Å². The smallest absolute Gasteiger partial charge is 0.295 e. The van der Waals surface area contributed by atoms with Gasteiger partial charge in [0.05, 0.1) is 11.4 Å². The SMILES string of the molecule is Cc1c(NC(=O)/C=N/O)c(=O)n(-c2ccccc2)n1C. The van der Waals surface area contributed by atoms with Gasteiger partial charge in [-0.1, -0.05) is 23.4 Å². The Kier molecular flexibility index (Phi) is 3.69. The highest BCUT2D eigenvalue weighted by molar-refractivity contribution is 6.31. The van der Waals surface area contributed by atoms with E-state index in [9.17, 15) is 9.59 Å². The van der Waals surface area contributed by atoms with E-state index in [1.807, 2.05) is 18.2 Å². The largest absolute Gasteiger partial charge is 0.411 e. The van der Waals surface area contributed by atoms with Gasteiger partial charge in [0.15, 0.2) is 0 Å². The van der Waals surface area contributed by atoms with Crippen LogP contribution in [-0.2, 0) is 11.8 Å². The van der Waals surface area contributed by atoms with Crippen molar-refractivity contribution in [3.63, 3.8) is 0 Å². The molecule has 0 radical (unpaired) electrons. The summed E-state index contributed by atoms with van der Waals surface area (Å²) in [7, 11) is 1.72. The third-order valence-corrected chi connectivity index (χ3v) is 2.98. The molecule has 0 spiro atoms. The van der Waals surface area contributed by atoms with Crippen molar-refractivity contribution in [3.8, 4) is 5.69 Å². The summed E-state index contributed by atoms with van der Waals surface area (Å²) in [5.74, 6) is -0.668. The average molecular weight is 274 g/mol. The number of nitrogens with zero attached hydrogens (tertiary/aromatic N) is 3. The molecule has 0 atom stereocenters. The molecule has 1 aromatic carbocycles. The fourth-order valence-electron chi connectivity index (χ4n) is 1.92. The highest BCUT2D eigenvalue weighted by atomic mass is 16.4. The van der Waals surface area contributed by atoms with Gasteiger partial charge in [-0.2, -0.15) is 0 Å². The van der Waals surface area contributed by atoms with Crippen LogP contribution in [0.4, 0.5) is 5.69 Å². The lowest BCUT2D eigenvalue weighted by Crippen LogP contribution is -2.23. The summed E-state index contributed by atoms with van der Waals surface area (Å²) in [4.78, 5) is 23.8. The zero-order chi connectivity index (χ0) is 14.7. The van der Waals surface area contributed by atoms with Crippen LogP contribution in [0, 0.1) is 6.92 Å². The first-order valence-corrected chi connectivity index (χ1v) is 5.88. The van der Waals surface area contributed by atoms with Crippen molar-refractivity contribution >= 4 is 17.8 Å². The molecule has 0 aliphatic carbocycles. The number of carbonyl (C=O) groups is 1. The van der Waals surface area contributed by atoms with Crippen molar-refractivity contribution in [1.29, 1.82) is 0 Å². The van der Waals surface area contributed by atoms with Crippen molar-refractivity contribution in [2.45, 2.75) is 6.92 Å². The van der Waals surface area contributed by atoms with Gasteiger partial charge < -0.3 is 10.5 Å². The predicted molar refractivity (Wildman–Crippen MR) is 74.7 cm³/mol. The Labute approximate surface area is 114 Å². The number of para-hydroxylation sites is 1. The Bertz CT molecular complexity index is 713. The van der Waals surface area contributed by atoms with Crippen molar-refractivity contribution in [2.75, 3.05) is 5.32 Å². The summed E-state index contributed by atoms with van der Waals surface area (Å²) in [6, 6.07) is 9.08. The molecule has 0 saturated carbocycles. The highest BCUT2D eigenvalue weighted by Gasteiger charge is 2.17. The van der Waals surface area contributed by atoms with Gasteiger partial charge in [-0.05, 0) is 19.1 Å². The normalized spacial score (nSPS) is 10.9. The van der Waals surface area contributed by atoms with Crippen molar-refractivity contribution in [3.05, 3.63) is 46.4 Å². The fourth-order valence-corrected chi connectivity index (χ4v) is 1.92. The van der Waals surface area contributed by atoms with Crippen molar-refractivity contribution < 1.29 is 10.0 Å². The van der Waals surface area contributed by atoms with Crippen LogP contribution < -0.4 is 10.9 Å². The topological polar surface area (TPSA) is 88.6 Å². The first kappa shape index (κ1) is 13.6. The first-order chi connectivity index (χ1) is 9.56. The lowest BCUT2D eigenvalue weighted by molar-refractivity contribution is -0.110. The quantitative estimate of drug-likeness (QED) is 0.495. The van der Waals surface area contributed by atoms with Crippen LogP contribution >= 0.6 is 0 Å². The number of hydrogen-bond acceptors (Lipinski definition) is 4. The van der Waals surface area contributed by atoms with E-state index in [0.29, 0.717) is 17.6 Å². The Morgan fingerprint density at radius 3 is 2.60 bits per heavy atom. The second kappa shape index (κ2) is 5.43. The number of anilines is 1. The number of hydrogen-bond donors (Lipinski definition) is 2. The van der Waals surface area contributed by atoms with E-state index in [4.69, 9.17) is 5.21 Å². The van der Waals surface area contributed by atoms with E-state index in [1.165, 1.54) is 4.68 Å². The lowest BCUT2D eigenvalue weighted by atomic mass is 10.3. The molecule has 0 bridgehead atoms. The van der Waals surface area contributed by atoms with Crippen LogP contribution in [-0.4, -0.2) is 26.7 Å². The standard InChI is InChI=1S/C13H14N4O3/c1-9-12(15-11(18)8-14-20)13(19)17(16(9)2)10-6-4-3-5-7-10/h3-8,20H,1-2H3,(H,15,18)/b14-8+. The summed E-state index contributed by atoms with van der Waals surface area (Å²) < 4.78 is 3.09. The van der Waals surface area contributed by atoms with Crippen LogP contribution in [0.5, 0.6) is 0 Å². The summed E-state index contributed by atoms with van der Waals surface area (Å²) in [6.45, 7) is 1.71. The molecule has 104 valence electrons. The van der Waals surface area contributed by atoms with Crippen LogP contribution in [0.15, 0.2) is 40.3 Å². The predicted octanol–water partition coefficient (Wildman–Crippen LogP) is 0.883. The molecule has 1 aromatic heterocycles. The van der Waals surface area contributed by atoms with E-state index in [1.54, 1.807) is 30.8 Å². The molecular formula is C13H14N4O3. The molecule has 20 heavy (non-hydrogen) atoms. The maximum absolute atomic E-state index is 12.4. The number of rotatable bonds is 3. The number of carbonyl (C=O) groups excluding carboxylic acids is 1. The van der Waals surface area contributed by atoms with Crippen LogP contribution in [0.2, 0.25) is 0 Å². The van der Waals surface area contributed by atoms with E-state index < -0.39 is 5.91 Å². The first-order valence-electron chi connectivity index (χ1n) is 5.88. The number of amides is 1. The number of aromatic nitrogens is 2. The minimum Gasteiger partial charge on any atom is -0.411 e. The molecule has 0 unspecified atom stereocenters. The summed E-state index contributed by atoms with van der Waals surface area (Å²) in [5.41, 5.74) is 1.09. The minimum atomic E-state index is -0.668. The zero-order valence-corrected chi connectivity index (χ0v) is 11.1. The third kappa shape index (κ3) is 2.33. The Balaban J connectivity index is 2.53. The Morgan fingerprint density at radius 2 is 2.00 bits per heavy atom. The molecule has 7 nitrogen and oxygen atoms in total. The van der Waals surface area contributed by atoms with Gasteiger partial charge in [0.25, 0.3) is 11.5 Å². The second-order valence-electron chi connectivity index (χ2n) is 4.17. The van der Waals surface area contributed by atoms with Gasteiger partial charge in [-0.15, -0.1) is 0 Å². The molecule has 0 aliphatic heterocycles. The molecule has 2 aromatic rings. The number of oxime groups is 1. The summed E-state index contributed by atoms with van der Waals surface area (Å²) in [5, 5.41) is 13.3. The fraction of sp³-hybridized carbons (Fsp3) is 0.154. The van der Waals surface area contributed by atoms with Crippen molar-refractivity contribution in [1.82, 2.24) is 9.36 Å². The molecule has 0 aliphatic rings. The van der Waals surface area contributed by atoms with Gasteiger partial charge >= 0.3 is 0 Å². The van der Waals surface area contributed by atoms with E-state index >= 15 is 0 Å². The second-order valence-corrected chi connectivity index (χ2v) is 4.17. The molecule has 0 fully saturated rings. The number of nitrogens with one attached hydrogen (secondary N) is 1. The molecule has 1 amide bonds. The maximum Gasteiger partial charge on any atom is 0.295 e. The molecule has 1 heterocycles. The molecule has 2 rings (SSSR count). The van der Waals surface area contributed by atoms with Gasteiger partial charge in [-0.25, -0.2) is 4.68 Å². The van der Waals surface area contributed by atoms with Gasteiger partial charge in [-0.3, -0.25) is 14.3 Å². The molecule has 7 heteroatoms. The van der Waals surface area contributed by atoms with Gasteiger partial charge in [0, 0.05) is 7.05 Å². The maximum atomic E-state index is 12.4. The van der Waals surface area contributed by atoms with Crippen LogP contribution in [0.1, 0.15) is 5.69 Å².